The minimum absolute atomic E-state index is 0.105. The van der Waals surface area contributed by atoms with Crippen LogP contribution in [0.4, 0.5) is 5.69 Å². The highest BCUT2D eigenvalue weighted by molar-refractivity contribution is 9.10. The summed E-state index contributed by atoms with van der Waals surface area (Å²) in [6.45, 7) is 1.92. The summed E-state index contributed by atoms with van der Waals surface area (Å²) in [7, 11) is 0. The van der Waals surface area contributed by atoms with Gasteiger partial charge in [-0.3, -0.25) is 4.79 Å². The molecule has 0 saturated carbocycles. The van der Waals surface area contributed by atoms with Crippen molar-refractivity contribution >= 4 is 43.5 Å². The summed E-state index contributed by atoms with van der Waals surface area (Å²) < 4.78 is 1.84. The van der Waals surface area contributed by atoms with Crippen LogP contribution in [0.2, 0.25) is 0 Å². The van der Waals surface area contributed by atoms with Crippen LogP contribution in [-0.4, -0.2) is 5.91 Å². The van der Waals surface area contributed by atoms with Crippen molar-refractivity contribution in [3.05, 3.63) is 62.5 Å². The van der Waals surface area contributed by atoms with Gasteiger partial charge in [0.25, 0.3) is 5.91 Å². The molecule has 0 radical (unpaired) electrons. The third kappa shape index (κ3) is 3.00. The van der Waals surface area contributed by atoms with Crippen molar-refractivity contribution in [2.24, 2.45) is 0 Å². The molecule has 0 aliphatic heterocycles. The molecule has 0 bridgehead atoms. The van der Waals surface area contributed by atoms with Gasteiger partial charge in [-0.1, -0.05) is 28.1 Å². The number of para-hydroxylation sites is 1. The summed E-state index contributed by atoms with van der Waals surface area (Å²) in [5.41, 5.74) is 2.38. The number of anilines is 1. The molecule has 0 fully saturated rings. The number of aryl methyl sites for hydroxylation is 1. The second kappa shape index (κ2) is 5.67. The summed E-state index contributed by atoms with van der Waals surface area (Å²) >= 11 is 6.79. The molecule has 1 amide bonds. The first kappa shape index (κ1) is 13.3. The van der Waals surface area contributed by atoms with Crippen molar-refractivity contribution in [3.8, 4) is 0 Å². The Bertz CT molecular complexity index is 596. The third-order valence-corrected chi connectivity index (χ3v) is 3.74. The van der Waals surface area contributed by atoms with E-state index in [1.807, 2.05) is 49.4 Å². The van der Waals surface area contributed by atoms with E-state index in [0.717, 1.165) is 20.2 Å². The summed E-state index contributed by atoms with van der Waals surface area (Å²) in [5.74, 6) is -0.105. The van der Waals surface area contributed by atoms with E-state index in [1.54, 1.807) is 0 Å². The van der Waals surface area contributed by atoms with Crippen LogP contribution in [0.3, 0.4) is 0 Å². The van der Waals surface area contributed by atoms with Gasteiger partial charge < -0.3 is 5.32 Å². The van der Waals surface area contributed by atoms with E-state index in [-0.39, 0.29) is 5.91 Å². The fourth-order valence-electron chi connectivity index (χ4n) is 1.63. The Labute approximate surface area is 123 Å². The lowest BCUT2D eigenvalue weighted by Crippen LogP contribution is -2.13. The molecule has 92 valence electrons. The minimum atomic E-state index is -0.105. The molecule has 2 nitrogen and oxygen atoms in total. The molecule has 0 heterocycles. The van der Waals surface area contributed by atoms with Gasteiger partial charge in [0, 0.05) is 14.5 Å². The first-order valence-corrected chi connectivity index (χ1v) is 6.98. The lowest BCUT2D eigenvalue weighted by molar-refractivity contribution is 0.102. The number of amides is 1. The summed E-state index contributed by atoms with van der Waals surface area (Å²) in [5, 5.41) is 2.89. The van der Waals surface area contributed by atoms with Crippen molar-refractivity contribution in [1.29, 1.82) is 0 Å². The Balaban J connectivity index is 2.25. The second-order valence-electron chi connectivity index (χ2n) is 3.89. The molecule has 0 aliphatic rings. The monoisotopic (exact) mass is 367 g/mol. The van der Waals surface area contributed by atoms with Crippen molar-refractivity contribution in [3.63, 3.8) is 0 Å². The molecule has 18 heavy (non-hydrogen) atoms. The predicted molar refractivity (Wildman–Crippen MR) is 81.0 cm³/mol. The molecule has 0 saturated heterocycles. The topological polar surface area (TPSA) is 29.1 Å². The number of nitrogens with one attached hydrogen (secondary N) is 1. The zero-order valence-electron chi connectivity index (χ0n) is 9.71. The summed E-state index contributed by atoms with van der Waals surface area (Å²) in [6, 6.07) is 13.1. The van der Waals surface area contributed by atoms with Crippen LogP contribution in [0.25, 0.3) is 0 Å². The molecule has 2 aromatic carbocycles. The summed E-state index contributed by atoms with van der Waals surface area (Å²) in [6.07, 6.45) is 0. The van der Waals surface area contributed by atoms with Crippen LogP contribution < -0.4 is 5.32 Å². The van der Waals surface area contributed by atoms with Gasteiger partial charge in [0.15, 0.2) is 0 Å². The molecule has 4 heteroatoms. The van der Waals surface area contributed by atoms with Gasteiger partial charge in [0.2, 0.25) is 0 Å². The largest absolute Gasteiger partial charge is 0.321 e. The zero-order chi connectivity index (χ0) is 13.1. The number of carbonyl (C=O) groups is 1. The number of carbonyl (C=O) groups excluding carboxylic acids is 1. The number of benzene rings is 2. The number of halogens is 2. The molecular weight excluding hydrogens is 358 g/mol. The highest BCUT2D eigenvalue weighted by atomic mass is 79.9. The van der Waals surface area contributed by atoms with E-state index in [2.05, 4.69) is 37.2 Å². The van der Waals surface area contributed by atoms with E-state index in [1.165, 1.54) is 0 Å². The van der Waals surface area contributed by atoms with Crippen LogP contribution in [0.15, 0.2) is 51.4 Å². The molecule has 0 atom stereocenters. The summed E-state index contributed by atoms with van der Waals surface area (Å²) in [4.78, 5) is 12.2. The maximum atomic E-state index is 12.2. The van der Waals surface area contributed by atoms with Gasteiger partial charge in [0.05, 0.1) is 5.69 Å². The number of hydrogen-bond acceptors (Lipinski definition) is 1. The highest BCUT2D eigenvalue weighted by Gasteiger charge is 2.10. The van der Waals surface area contributed by atoms with Crippen molar-refractivity contribution in [2.75, 3.05) is 5.32 Å². The van der Waals surface area contributed by atoms with E-state index in [9.17, 15) is 4.79 Å². The molecule has 0 aliphatic carbocycles. The van der Waals surface area contributed by atoms with E-state index < -0.39 is 0 Å². The Kier molecular flexibility index (Phi) is 4.19. The van der Waals surface area contributed by atoms with Gasteiger partial charge in [-0.05, 0) is 58.7 Å². The SMILES string of the molecule is Cc1cc(Br)ccc1C(=O)Nc1ccccc1Br. The second-order valence-corrected chi connectivity index (χ2v) is 5.66. The van der Waals surface area contributed by atoms with E-state index in [4.69, 9.17) is 0 Å². The van der Waals surface area contributed by atoms with Crippen LogP contribution in [0.5, 0.6) is 0 Å². The standard InChI is InChI=1S/C14H11Br2NO/c1-9-8-10(15)6-7-11(9)14(18)17-13-5-3-2-4-12(13)16/h2-8H,1H3,(H,17,18). The third-order valence-electron chi connectivity index (χ3n) is 2.56. The average Bonchev–Trinajstić information content (AvgIpc) is 2.32. The zero-order valence-corrected chi connectivity index (χ0v) is 12.9. The molecule has 2 rings (SSSR count). The molecule has 2 aromatic rings. The number of rotatable bonds is 2. The first-order chi connectivity index (χ1) is 8.58. The van der Waals surface area contributed by atoms with Crippen molar-refractivity contribution in [1.82, 2.24) is 0 Å². The maximum Gasteiger partial charge on any atom is 0.255 e. The fraction of sp³-hybridized carbons (Fsp3) is 0.0714. The van der Waals surface area contributed by atoms with Crippen molar-refractivity contribution in [2.45, 2.75) is 6.92 Å². The number of hydrogen-bond donors (Lipinski definition) is 1. The highest BCUT2D eigenvalue weighted by Crippen LogP contribution is 2.23. The minimum Gasteiger partial charge on any atom is -0.321 e. The van der Waals surface area contributed by atoms with Crippen molar-refractivity contribution < 1.29 is 4.79 Å². The predicted octanol–water partition coefficient (Wildman–Crippen LogP) is 4.77. The van der Waals surface area contributed by atoms with Crippen LogP contribution in [0.1, 0.15) is 15.9 Å². The Morgan fingerprint density at radius 2 is 1.83 bits per heavy atom. The fourth-order valence-corrected chi connectivity index (χ4v) is 2.49. The molecule has 0 aromatic heterocycles. The normalized spacial score (nSPS) is 10.2. The Hall–Kier alpha value is -1.13. The molecule has 1 N–H and O–H groups in total. The van der Waals surface area contributed by atoms with Gasteiger partial charge in [-0.15, -0.1) is 0 Å². The van der Waals surface area contributed by atoms with Crippen LogP contribution in [-0.2, 0) is 0 Å². The average molecular weight is 369 g/mol. The first-order valence-electron chi connectivity index (χ1n) is 5.40. The molecule has 0 unspecified atom stereocenters. The van der Waals surface area contributed by atoms with Gasteiger partial charge >= 0.3 is 0 Å². The Morgan fingerprint density at radius 1 is 1.11 bits per heavy atom. The van der Waals surface area contributed by atoms with E-state index in [0.29, 0.717) is 5.56 Å². The maximum absolute atomic E-state index is 12.2. The van der Waals surface area contributed by atoms with Gasteiger partial charge in [-0.2, -0.15) is 0 Å². The van der Waals surface area contributed by atoms with Crippen LogP contribution in [0, 0.1) is 6.92 Å². The van der Waals surface area contributed by atoms with Crippen LogP contribution >= 0.6 is 31.9 Å². The Morgan fingerprint density at radius 3 is 2.50 bits per heavy atom. The smallest absolute Gasteiger partial charge is 0.255 e. The molecule has 0 spiro atoms. The lowest BCUT2D eigenvalue weighted by Gasteiger charge is -2.09. The van der Waals surface area contributed by atoms with Gasteiger partial charge in [0.1, 0.15) is 0 Å². The lowest BCUT2D eigenvalue weighted by atomic mass is 10.1. The quantitative estimate of drug-likeness (QED) is 0.812. The van der Waals surface area contributed by atoms with E-state index >= 15 is 0 Å². The van der Waals surface area contributed by atoms with Gasteiger partial charge in [-0.25, -0.2) is 0 Å². The molecular formula is C14H11Br2NO.